The first kappa shape index (κ1) is 13.9. The van der Waals surface area contributed by atoms with Crippen molar-refractivity contribution in [2.24, 2.45) is 0 Å². The minimum Gasteiger partial charge on any atom is -0.486 e. The number of fused-ring (bicyclic) bond motifs is 1. The molecule has 0 unspecified atom stereocenters. The van der Waals surface area contributed by atoms with E-state index in [2.05, 4.69) is 4.74 Å². The van der Waals surface area contributed by atoms with Crippen LogP contribution in [0.15, 0.2) is 12.1 Å². The van der Waals surface area contributed by atoms with Crippen LogP contribution in [0.25, 0.3) is 0 Å². The molecule has 0 fully saturated rings. The molecule has 0 atom stereocenters. The van der Waals surface area contributed by atoms with Gasteiger partial charge in [-0.25, -0.2) is 4.79 Å². The van der Waals surface area contributed by atoms with Crippen molar-refractivity contribution in [3.8, 4) is 11.5 Å². The van der Waals surface area contributed by atoms with Crippen molar-refractivity contribution < 1.29 is 27.8 Å². The first-order valence-corrected chi connectivity index (χ1v) is 5.99. The zero-order chi connectivity index (χ0) is 14.0. The van der Waals surface area contributed by atoms with Gasteiger partial charge in [0, 0.05) is 6.07 Å². The van der Waals surface area contributed by atoms with Gasteiger partial charge in [0.2, 0.25) is 0 Å². The quantitative estimate of drug-likeness (QED) is 0.804. The number of ether oxygens (including phenoxy) is 3. The number of rotatable bonds is 3. The molecular weight excluding hydrogens is 282 g/mol. The Morgan fingerprint density at radius 3 is 2.53 bits per heavy atom. The van der Waals surface area contributed by atoms with Crippen molar-refractivity contribution in [1.82, 2.24) is 0 Å². The van der Waals surface area contributed by atoms with E-state index < -0.39 is 17.5 Å². The Labute approximate surface area is 113 Å². The highest BCUT2D eigenvalue weighted by atomic mass is 35.5. The summed E-state index contributed by atoms with van der Waals surface area (Å²) in [7, 11) is 0. The molecule has 0 amide bonds. The monoisotopic (exact) mass is 292 g/mol. The van der Waals surface area contributed by atoms with Crippen LogP contribution in [-0.4, -0.2) is 25.8 Å². The van der Waals surface area contributed by atoms with Gasteiger partial charge in [-0.1, -0.05) is 11.6 Å². The summed E-state index contributed by atoms with van der Waals surface area (Å²) in [5, 5.41) is -0.276. The highest BCUT2D eigenvalue weighted by molar-refractivity contribution is 6.32. The first-order valence-electron chi connectivity index (χ1n) is 5.61. The van der Waals surface area contributed by atoms with Gasteiger partial charge in [0.25, 0.3) is 0 Å². The fourth-order valence-corrected chi connectivity index (χ4v) is 1.91. The van der Waals surface area contributed by atoms with Crippen LogP contribution in [0.4, 0.5) is 8.78 Å². The molecule has 0 bridgehead atoms. The number of carbonyl (C=O) groups is 1. The van der Waals surface area contributed by atoms with Crippen molar-refractivity contribution in [2.45, 2.75) is 12.8 Å². The van der Waals surface area contributed by atoms with Crippen LogP contribution < -0.4 is 9.47 Å². The maximum Gasteiger partial charge on any atom is 0.382 e. The van der Waals surface area contributed by atoms with E-state index in [1.807, 2.05) is 0 Å². The molecule has 1 aliphatic rings. The Morgan fingerprint density at radius 1 is 1.37 bits per heavy atom. The van der Waals surface area contributed by atoms with E-state index >= 15 is 0 Å². The summed E-state index contributed by atoms with van der Waals surface area (Å²) in [6, 6.07) is 2.21. The zero-order valence-electron chi connectivity index (χ0n) is 10.0. The van der Waals surface area contributed by atoms with Crippen LogP contribution in [0.2, 0.25) is 5.02 Å². The predicted octanol–water partition coefficient (Wildman–Crippen LogP) is 2.77. The molecule has 1 aliphatic heterocycles. The van der Waals surface area contributed by atoms with Gasteiger partial charge in [0.1, 0.15) is 13.2 Å². The summed E-state index contributed by atoms with van der Waals surface area (Å²) in [5.41, 5.74) is -0.656. The second-order valence-corrected chi connectivity index (χ2v) is 4.18. The minimum absolute atomic E-state index is 0.134. The minimum atomic E-state index is -3.83. The van der Waals surface area contributed by atoms with Crippen molar-refractivity contribution >= 4 is 17.6 Å². The number of carbonyl (C=O) groups excluding carboxylic acids is 1. The maximum atomic E-state index is 13.9. The fraction of sp³-hybridized carbons (Fsp3) is 0.417. The molecule has 7 heteroatoms. The molecule has 4 nitrogen and oxygen atoms in total. The number of hydrogen-bond donors (Lipinski definition) is 0. The Morgan fingerprint density at radius 2 is 1.95 bits per heavy atom. The molecule has 0 aromatic heterocycles. The Balaban J connectivity index is 2.41. The standard InChI is InChI=1S/C12H11ClF2O4/c1-2-17-11(16)12(14,15)7-5-9-10(6-8(7)13)19-4-3-18-9/h5-6H,2-4H2,1H3. The van der Waals surface area contributed by atoms with Gasteiger partial charge in [-0.15, -0.1) is 0 Å². The largest absolute Gasteiger partial charge is 0.486 e. The lowest BCUT2D eigenvalue weighted by Crippen LogP contribution is -2.29. The van der Waals surface area contributed by atoms with Gasteiger partial charge >= 0.3 is 11.9 Å². The van der Waals surface area contributed by atoms with E-state index in [0.29, 0.717) is 6.61 Å². The Hall–Kier alpha value is -1.56. The molecule has 0 aliphatic carbocycles. The van der Waals surface area contributed by atoms with Crippen LogP contribution in [0, 0.1) is 0 Å². The van der Waals surface area contributed by atoms with Gasteiger partial charge in [0.15, 0.2) is 11.5 Å². The molecule has 1 aromatic carbocycles. The summed E-state index contributed by atoms with van der Waals surface area (Å²) in [6.45, 7) is 1.87. The molecular formula is C12H11ClF2O4. The smallest absolute Gasteiger partial charge is 0.382 e. The SMILES string of the molecule is CCOC(=O)C(F)(F)c1cc2c(cc1Cl)OCCO2. The van der Waals surface area contributed by atoms with E-state index in [9.17, 15) is 13.6 Å². The number of hydrogen-bond acceptors (Lipinski definition) is 4. The van der Waals surface area contributed by atoms with E-state index in [4.69, 9.17) is 21.1 Å². The average molecular weight is 293 g/mol. The molecule has 1 heterocycles. The highest BCUT2D eigenvalue weighted by Gasteiger charge is 2.45. The molecule has 104 valence electrons. The second kappa shape index (κ2) is 5.21. The van der Waals surface area contributed by atoms with Crippen molar-refractivity contribution in [3.63, 3.8) is 0 Å². The number of benzene rings is 1. The Kier molecular flexibility index (Phi) is 3.80. The summed E-state index contributed by atoms with van der Waals surface area (Å²) >= 11 is 5.77. The summed E-state index contributed by atoms with van der Waals surface area (Å²) in [4.78, 5) is 11.3. The molecule has 19 heavy (non-hydrogen) atoms. The second-order valence-electron chi connectivity index (χ2n) is 3.77. The lowest BCUT2D eigenvalue weighted by Gasteiger charge is -2.22. The topological polar surface area (TPSA) is 44.8 Å². The van der Waals surface area contributed by atoms with Gasteiger partial charge in [-0.2, -0.15) is 8.78 Å². The zero-order valence-corrected chi connectivity index (χ0v) is 10.8. The number of alkyl halides is 2. The third-order valence-electron chi connectivity index (χ3n) is 2.50. The molecule has 0 N–H and O–H groups in total. The van der Waals surface area contributed by atoms with Crippen molar-refractivity contribution in [3.05, 3.63) is 22.7 Å². The van der Waals surface area contributed by atoms with E-state index in [1.165, 1.54) is 13.0 Å². The van der Waals surface area contributed by atoms with E-state index in [-0.39, 0.29) is 29.7 Å². The van der Waals surface area contributed by atoms with Gasteiger partial charge in [-0.3, -0.25) is 0 Å². The highest BCUT2D eigenvalue weighted by Crippen LogP contribution is 2.42. The van der Waals surface area contributed by atoms with Crippen LogP contribution >= 0.6 is 11.6 Å². The van der Waals surface area contributed by atoms with E-state index in [0.717, 1.165) is 6.07 Å². The molecule has 0 saturated carbocycles. The molecule has 2 rings (SSSR count). The Bertz CT molecular complexity index is 505. The van der Waals surface area contributed by atoms with Gasteiger partial charge in [-0.05, 0) is 13.0 Å². The first-order chi connectivity index (χ1) is 8.96. The number of esters is 1. The summed E-state index contributed by atoms with van der Waals surface area (Å²) < 4.78 is 42.6. The van der Waals surface area contributed by atoms with Gasteiger partial charge < -0.3 is 14.2 Å². The van der Waals surface area contributed by atoms with Crippen molar-refractivity contribution in [2.75, 3.05) is 19.8 Å². The molecule has 0 spiro atoms. The average Bonchev–Trinajstić information content (AvgIpc) is 2.38. The fourth-order valence-electron chi connectivity index (χ4n) is 1.64. The van der Waals surface area contributed by atoms with Crippen molar-refractivity contribution in [1.29, 1.82) is 0 Å². The predicted molar refractivity (Wildman–Crippen MR) is 63.0 cm³/mol. The van der Waals surface area contributed by atoms with Crippen LogP contribution in [-0.2, 0) is 15.5 Å². The summed E-state index contributed by atoms with van der Waals surface area (Å²) in [5.74, 6) is -5.06. The third kappa shape index (κ3) is 2.58. The van der Waals surface area contributed by atoms with Crippen LogP contribution in [0.5, 0.6) is 11.5 Å². The van der Waals surface area contributed by atoms with Crippen LogP contribution in [0.1, 0.15) is 12.5 Å². The lowest BCUT2D eigenvalue weighted by molar-refractivity contribution is -0.173. The maximum absolute atomic E-state index is 13.9. The van der Waals surface area contributed by atoms with Crippen LogP contribution in [0.3, 0.4) is 0 Å². The lowest BCUT2D eigenvalue weighted by atomic mass is 10.1. The molecule has 1 aromatic rings. The van der Waals surface area contributed by atoms with E-state index in [1.54, 1.807) is 0 Å². The number of halogens is 3. The van der Waals surface area contributed by atoms with Gasteiger partial charge in [0.05, 0.1) is 17.2 Å². The normalized spacial score (nSPS) is 14.1. The molecule has 0 saturated heterocycles. The third-order valence-corrected chi connectivity index (χ3v) is 2.81. The molecule has 0 radical (unpaired) electrons. The summed E-state index contributed by atoms with van der Waals surface area (Å²) in [6.07, 6.45) is 0.